The van der Waals surface area contributed by atoms with Gasteiger partial charge in [0, 0.05) is 13.0 Å². The van der Waals surface area contributed by atoms with E-state index < -0.39 is 5.91 Å². The standard InChI is InChI=1S/C12H14N2O3/c13-7-8-1-3-9(4-2-8)10-5-6-11(17-10)12(15)14-16/h1-4,6,10,16H,5,7,13H2,(H,14,15). The third kappa shape index (κ3) is 2.46. The molecule has 5 nitrogen and oxygen atoms in total. The van der Waals surface area contributed by atoms with Crippen LogP contribution in [0.3, 0.4) is 0 Å². The fraction of sp³-hybridized carbons (Fsp3) is 0.250. The van der Waals surface area contributed by atoms with Gasteiger partial charge in [0.1, 0.15) is 6.10 Å². The number of nitrogens with one attached hydrogen (secondary N) is 1. The minimum atomic E-state index is -0.619. The first-order chi connectivity index (χ1) is 8.24. The molecule has 4 N–H and O–H groups in total. The summed E-state index contributed by atoms with van der Waals surface area (Å²) in [6.45, 7) is 0.502. The van der Waals surface area contributed by atoms with Gasteiger partial charge in [0.2, 0.25) is 0 Å². The summed E-state index contributed by atoms with van der Waals surface area (Å²) < 4.78 is 5.43. The SMILES string of the molecule is NCc1ccc(C2CC=C(C(=O)NO)O2)cc1. The van der Waals surface area contributed by atoms with Crippen LogP contribution in [-0.2, 0) is 16.1 Å². The first-order valence-electron chi connectivity index (χ1n) is 5.34. The number of hydrogen-bond acceptors (Lipinski definition) is 4. The molecule has 1 aromatic rings. The van der Waals surface area contributed by atoms with Crippen LogP contribution in [0.25, 0.3) is 0 Å². The molecule has 17 heavy (non-hydrogen) atoms. The van der Waals surface area contributed by atoms with Gasteiger partial charge in [0.05, 0.1) is 0 Å². The molecule has 1 unspecified atom stereocenters. The number of rotatable bonds is 3. The van der Waals surface area contributed by atoms with Crippen molar-refractivity contribution >= 4 is 5.91 Å². The summed E-state index contributed by atoms with van der Waals surface area (Å²) in [5.74, 6) is -0.466. The molecule has 1 aromatic carbocycles. The number of hydroxylamine groups is 1. The van der Waals surface area contributed by atoms with E-state index in [4.69, 9.17) is 15.7 Å². The van der Waals surface area contributed by atoms with Crippen molar-refractivity contribution in [1.29, 1.82) is 0 Å². The number of benzene rings is 1. The number of hydrogen-bond donors (Lipinski definition) is 3. The molecule has 0 aliphatic carbocycles. The lowest BCUT2D eigenvalue weighted by Gasteiger charge is -2.13. The minimum absolute atomic E-state index is 0.153. The van der Waals surface area contributed by atoms with Crippen LogP contribution in [0, 0.1) is 0 Å². The number of carbonyl (C=O) groups is 1. The van der Waals surface area contributed by atoms with Gasteiger partial charge in [-0.05, 0) is 17.2 Å². The molecule has 0 saturated carbocycles. The molecule has 1 atom stereocenters. The third-order valence-electron chi connectivity index (χ3n) is 2.70. The molecule has 0 fully saturated rings. The van der Waals surface area contributed by atoms with Crippen molar-refractivity contribution < 1.29 is 14.7 Å². The van der Waals surface area contributed by atoms with Gasteiger partial charge in [0.15, 0.2) is 5.76 Å². The first-order valence-corrected chi connectivity index (χ1v) is 5.34. The second kappa shape index (κ2) is 4.99. The van der Waals surface area contributed by atoms with Crippen LogP contribution in [0.1, 0.15) is 23.7 Å². The van der Waals surface area contributed by atoms with E-state index in [0.717, 1.165) is 11.1 Å². The maximum absolute atomic E-state index is 11.1. The molecule has 2 rings (SSSR count). The summed E-state index contributed by atoms with van der Waals surface area (Å²) in [5, 5.41) is 8.49. The van der Waals surface area contributed by atoms with Gasteiger partial charge in [-0.25, -0.2) is 5.48 Å². The van der Waals surface area contributed by atoms with Crippen molar-refractivity contribution in [2.75, 3.05) is 0 Å². The van der Waals surface area contributed by atoms with Crippen molar-refractivity contribution in [3.8, 4) is 0 Å². The third-order valence-corrected chi connectivity index (χ3v) is 2.70. The average molecular weight is 234 g/mol. The summed E-state index contributed by atoms with van der Waals surface area (Å²) in [4.78, 5) is 11.1. The van der Waals surface area contributed by atoms with E-state index in [1.807, 2.05) is 24.3 Å². The lowest BCUT2D eigenvalue weighted by Crippen LogP contribution is -2.21. The quantitative estimate of drug-likeness (QED) is 0.538. The highest BCUT2D eigenvalue weighted by Gasteiger charge is 2.24. The van der Waals surface area contributed by atoms with Crippen molar-refractivity contribution in [2.45, 2.75) is 19.1 Å². The maximum Gasteiger partial charge on any atom is 0.309 e. The van der Waals surface area contributed by atoms with Crippen molar-refractivity contribution in [3.05, 3.63) is 47.2 Å². The normalized spacial score (nSPS) is 18.5. The second-order valence-corrected chi connectivity index (χ2v) is 3.80. The molecular formula is C12H14N2O3. The first kappa shape index (κ1) is 11.6. The van der Waals surface area contributed by atoms with Crippen molar-refractivity contribution in [3.63, 3.8) is 0 Å². The van der Waals surface area contributed by atoms with E-state index >= 15 is 0 Å². The van der Waals surface area contributed by atoms with E-state index in [9.17, 15) is 4.79 Å². The topological polar surface area (TPSA) is 84.6 Å². The zero-order valence-electron chi connectivity index (χ0n) is 9.22. The van der Waals surface area contributed by atoms with Crippen molar-refractivity contribution in [2.24, 2.45) is 5.73 Å². The van der Waals surface area contributed by atoms with E-state index in [2.05, 4.69) is 0 Å². The van der Waals surface area contributed by atoms with Crippen LogP contribution >= 0.6 is 0 Å². The van der Waals surface area contributed by atoms with Crippen LogP contribution in [0.5, 0.6) is 0 Å². The number of nitrogens with two attached hydrogens (primary N) is 1. The van der Waals surface area contributed by atoms with Gasteiger partial charge >= 0.3 is 5.91 Å². The van der Waals surface area contributed by atoms with Crippen LogP contribution in [0.2, 0.25) is 0 Å². The molecule has 0 saturated heterocycles. The number of carbonyl (C=O) groups excluding carboxylic acids is 1. The Hall–Kier alpha value is -1.85. The molecule has 1 amide bonds. The van der Waals surface area contributed by atoms with Gasteiger partial charge in [0.25, 0.3) is 0 Å². The van der Waals surface area contributed by atoms with Gasteiger partial charge in [-0.2, -0.15) is 0 Å². The Bertz CT molecular complexity index is 440. The molecular weight excluding hydrogens is 220 g/mol. The molecule has 0 aromatic heterocycles. The predicted molar refractivity (Wildman–Crippen MR) is 60.8 cm³/mol. The Balaban J connectivity index is 2.04. The molecule has 0 bridgehead atoms. The Kier molecular flexibility index (Phi) is 3.41. The molecule has 5 heteroatoms. The summed E-state index contributed by atoms with van der Waals surface area (Å²) in [6, 6.07) is 7.73. The summed E-state index contributed by atoms with van der Waals surface area (Å²) in [5.41, 5.74) is 9.09. The van der Waals surface area contributed by atoms with Crippen LogP contribution in [0.4, 0.5) is 0 Å². The smallest absolute Gasteiger partial charge is 0.309 e. The highest BCUT2D eigenvalue weighted by Crippen LogP contribution is 2.30. The highest BCUT2D eigenvalue weighted by atomic mass is 16.5. The monoisotopic (exact) mass is 234 g/mol. The lowest BCUT2D eigenvalue weighted by molar-refractivity contribution is -0.129. The maximum atomic E-state index is 11.1. The van der Waals surface area contributed by atoms with Crippen LogP contribution in [0.15, 0.2) is 36.1 Å². The average Bonchev–Trinajstić information content (AvgIpc) is 2.87. The van der Waals surface area contributed by atoms with E-state index in [1.165, 1.54) is 0 Å². The second-order valence-electron chi connectivity index (χ2n) is 3.80. The minimum Gasteiger partial charge on any atom is -0.480 e. The Labute approximate surface area is 98.8 Å². The summed E-state index contributed by atoms with van der Waals surface area (Å²) in [7, 11) is 0. The molecule has 1 heterocycles. The Morgan fingerprint density at radius 3 is 2.76 bits per heavy atom. The Morgan fingerprint density at radius 2 is 2.18 bits per heavy atom. The predicted octanol–water partition coefficient (Wildman–Crippen LogP) is 0.996. The molecule has 90 valence electrons. The van der Waals surface area contributed by atoms with Gasteiger partial charge in [-0.15, -0.1) is 0 Å². The zero-order valence-corrected chi connectivity index (χ0v) is 9.22. The van der Waals surface area contributed by atoms with Crippen LogP contribution < -0.4 is 11.2 Å². The fourth-order valence-electron chi connectivity index (χ4n) is 1.74. The molecule has 0 radical (unpaired) electrons. The molecule has 1 aliphatic rings. The number of ether oxygens (including phenoxy) is 1. The van der Waals surface area contributed by atoms with Crippen molar-refractivity contribution in [1.82, 2.24) is 5.48 Å². The summed E-state index contributed by atoms with van der Waals surface area (Å²) >= 11 is 0. The molecule has 0 spiro atoms. The van der Waals surface area contributed by atoms with Gasteiger partial charge in [-0.3, -0.25) is 10.0 Å². The largest absolute Gasteiger partial charge is 0.480 e. The lowest BCUT2D eigenvalue weighted by atomic mass is 10.1. The van der Waals surface area contributed by atoms with E-state index in [-0.39, 0.29) is 11.9 Å². The number of amides is 1. The van der Waals surface area contributed by atoms with Gasteiger partial charge in [-0.1, -0.05) is 24.3 Å². The van der Waals surface area contributed by atoms with Crippen LogP contribution in [-0.4, -0.2) is 11.1 Å². The van der Waals surface area contributed by atoms with Gasteiger partial charge < -0.3 is 10.5 Å². The fourth-order valence-corrected chi connectivity index (χ4v) is 1.74. The van der Waals surface area contributed by atoms with E-state index in [0.29, 0.717) is 13.0 Å². The zero-order chi connectivity index (χ0) is 12.3. The molecule has 1 aliphatic heterocycles. The summed E-state index contributed by atoms with van der Waals surface area (Å²) in [6.07, 6.45) is 2.10. The Morgan fingerprint density at radius 1 is 1.47 bits per heavy atom. The van der Waals surface area contributed by atoms with E-state index in [1.54, 1.807) is 11.6 Å². The highest BCUT2D eigenvalue weighted by molar-refractivity contribution is 5.90.